The van der Waals surface area contributed by atoms with E-state index in [9.17, 15) is 69.9 Å². The van der Waals surface area contributed by atoms with Gasteiger partial charge in [0.1, 0.15) is 30.5 Å². The number of aliphatic carboxylic acids is 3. The minimum Gasteiger partial charge on any atom is -0.481 e. The summed E-state index contributed by atoms with van der Waals surface area (Å²) in [7, 11) is 0. The molecule has 19 heteroatoms. The quantitative estimate of drug-likeness (QED) is 0.0396. The zero-order valence-corrected chi connectivity index (χ0v) is 21.9. The zero-order chi connectivity index (χ0) is 32.5. The number of carbonyl (C=O) groups is 5. The monoisotopic (exact) mass is 602 g/mol. The maximum atomic E-state index is 12.8. The van der Waals surface area contributed by atoms with Crippen molar-refractivity contribution in [1.82, 2.24) is 0 Å². The van der Waals surface area contributed by atoms with Crippen LogP contribution in [0, 0.1) is 0 Å². The second-order valence-corrected chi connectivity index (χ2v) is 9.05. The van der Waals surface area contributed by atoms with Crippen molar-refractivity contribution in [2.45, 2.75) is 81.3 Å². The molecule has 0 aromatic rings. The van der Waals surface area contributed by atoms with E-state index in [-0.39, 0.29) is 0 Å². The Labute approximate surface area is 231 Å². The van der Waals surface area contributed by atoms with Gasteiger partial charge in [0.2, 0.25) is 0 Å². The van der Waals surface area contributed by atoms with Gasteiger partial charge in [-0.1, -0.05) is 0 Å². The van der Waals surface area contributed by atoms with E-state index in [4.69, 9.17) is 24.4 Å². The number of hydrogen-bond donors (Lipinski definition) is 11. The molecule has 0 saturated heterocycles. The van der Waals surface area contributed by atoms with E-state index in [0.29, 0.717) is 19.9 Å². The third kappa shape index (κ3) is 10.6. The molecule has 0 saturated carbocycles. The van der Waals surface area contributed by atoms with Crippen LogP contribution in [0.5, 0.6) is 0 Å². The standard InChI is InChI=1S/C22H34O19/c1-8(4-11(27)28)18(35)39-17(14(32)10(26)7-24)22(3,41-21(2,20(37)38)5-12(29)30)40-19(36)16(34)15(33)13(31)9(25)6-23/h4,9-10,13-17,23-26,31-34H,5-7H2,1-3H3,(H,27,28)(H,29,30)(H,37,38)/b8-4-/t9-,10-,13-,14-,15+,16-,17+,21?,22+/m1/s1. The summed E-state index contributed by atoms with van der Waals surface area (Å²) in [6.45, 7) is -0.355. The van der Waals surface area contributed by atoms with Crippen LogP contribution in [-0.2, 0) is 38.2 Å². The SMILES string of the molecule is C/C(=C/C(=O)O)C(=O)O[C@@H]([C@H](O)[C@H](O)CO)[C@@](C)(OC(=O)[C@H](O)[C@@H](O)[C@H](O)[C@H](O)CO)OC(C)(CC(=O)O)C(=O)O. The van der Waals surface area contributed by atoms with Gasteiger partial charge in [-0.3, -0.25) is 4.79 Å². The number of aliphatic hydroxyl groups is 8. The fourth-order valence-electron chi connectivity index (χ4n) is 3.20. The molecule has 0 aliphatic rings. The van der Waals surface area contributed by atoms with Crippen LogP contribution in [0.15, 0.2) is 11.6 Å². The molecule has 9 atom stereocenters. The molecule has 0 amide bonds. The fraction of sp³-hybridized carbons (Fsp3) is 0.682. The lowest BCUT2D eigenvalue weighted by atomic mass is 9.96. The van der Waals surface area contributed by atoms with Crippen LogP contribution in [0.25, 0.3) is 0 Å². The maximum absolute atomic E-state index is 12.8. The Bertz CT molecular complexity index is 980. The van der Waals surface area contributed by atoms with E-state index in [0.717, 1.165) is 6.92 Å². The summed E-state index contributed by atoms with van der Waals surface area (Å²) in [5.74, 6) is -12.4. The highest BCUT2D eigenvalue weighted by molar-refractivity contribution is 5.95. The maximum Gasteiger partial charge on any atom is 0.340 e. The Kier molecular flexibility index (Phi) is 14.4. The molecule has 11 N–H and O–H groups in total. The first kappa shape index (κ1) is 37.7. The van der Waals surface area contributed by atoms with Gasteiger partial charge >= 0.3 is 29.8 Å². The first-order valence-electron chi connectivity index (χ1n) is 11.5. The Morgan fingerprint density at radius 1 is 0.805 bits per heavy atom. The molecule has 19 nitrogen and oxygen atoms in total. The molecule has 0 aromatic carbocycles. The topological polar surface area (TPSA) is 336 Å². The van der Waals surface area contributed by atoms with Crippen LogP contribution >= 0.6 is 0 Å². The van der Waals surface area contributed by atoms with Crippen molar-refractivity contribution < 1.29 is 94.4 Å². The molecule has 0 aliphatic carbocycles. The predicted octanol–water partition coefficient (Wildman–Crippen LogP) is -5.33. The summed E-state index contributed by atoms with van der Waals surface area (Å²) < 4.78 is 15.1. The lowest BCUT2D eigenvalue weighted by Crippen LogP contribution is -2.62. The second kappa shape index (κ2) is 15.7. The van der Waals surface area contributed by atoms with Crippen LogP contribution in [0.3, 0.4) is 0 Å². The van der Waals surface area contributed by atoms with Crippen molar-refractivity contribution in [2.24, 2.45) is 0 Å². The summed E-state index contributed by atoms with van der Waals surface area (Å²) in [4.78, 5) is 59.6. The number of aliphatic hydroxyl groups excluding tert-OH is 8. The van der Waals surface area contributed by atoms with Crippen LogP contribution in [-0.4, -0.2) is 153 Å². The van der Waals surface area contributed by atoms with Gasteiger partial charge in [0.05, 0.1) is 19.6 Å². The Morgan fingerprint density at radius 2 is 1.29 bits per heavy atom. The number of rotatable bonds is 18. The van der Waals surface area contributed by atoms with Gasteiger partial charge in [0.15, 0.2) is 17.8 Å². The van der Waals surface area contributed by atoms with E-state index >= 15 is 0 Å². The van der Waals surface area contributed by atoms with Gasteiger partial charge in [0.25, 0.3) is 5.79 Å². The van der Waals surface area contributed by atoms with Crippen molar-refractivity contribution >= 4 is 29.8 Å². The van der Waals surface area contributed by atoms with Gasteiger partial charge in [-0.25, -0.2) is 19.2 Å². The highest BCUT2D eigenvalue weighted by atomic mass is 16.8. The Hall–Kier alpha value is -3.27. The van der Waals surface area contributed by atoms with E-state index in [1.54, 1.807) is 0 Å². The zero-order valence-electron chi connectivity index (χ0n) is 21.9. The lowest BCUT2D eigenvalue weighted by Gasteiger charge is -2.43. The number of carbonyl (C=O) groups excluding carboxylic acids is 2. The summed E-state index contributed by atoms with van der Waals surface area (Å²) >= 11 is 0. The number of hydrogen-bond acceptors (Lipinski definition) is 16. The van der Waals surface area contributed by atoms with Gasteiger partial charge in [-0.15, -0.1) is 0 Å². The van der Waals surface area contributed by atoms with Crippen molar-refractivity contribution in [3.05, 3.63) is 11.6 Å². The predicted molar refractivity (Wildman–Crippen MR) is 125 cm³/mol. The molecule has 0 spiro atoms. The lowest BCUT2D eigenvalue weighted by molar-refractivity contribution is -0.319. The number of carboxylic acids is 3. The summed E-state index contributed by atoms with van der Waals surface area (Å²) in [5, 5.41) is 106. The first-order chi connectivity index (χ1) is 18.7. The molecular weight excluding hydrogens is 568 g/mol. The van der Waals surface area contributed by atoms with Gasteiger partial charge < -0.3 is 70.4 Å². The molecule has 0 rings (SSSR count). The normalized spacial score (nSPS) is 20.1. The van der Waals surface area contributed by atoms with Crippen LogP contribution in [0.4, 0.5) is 0 Å². The minimum atomic E-state index is -3.25. The average molecular weight is 602 g/mol. The van der Waals surface area contributed by atoms with Gasteiger partial charge in [-0.2, -0.15) is 0 Å². The summed E-state index contributed by atoms with van der Waals surface area (Å²) in [6.07, 6.45) is -18.5. The van der Waals surface area contributed by atoms with E-state index in [1.807, 2.05) is 0 Å². The number of ether oxygens (including phenoxy) is 3. The first-order valence-corrected chi connectivity index (χ1v) is 11.5. The number of carboxylic acid groups (broad SMARTS) is 3. The van der Waals surface area contributed by atoms with Crippen LogP contribution < -0.4 is 0 Å². The van der Waals surface area contributed by atoms with Crippen molar-refractivity contribution in [3.63, 3.8) is 0 Å². The molecule has 0 bridgehead atoms. The molecular formula is C22H34O19. The molecule has 0 aromatic heterocycles. The van der Waals surface area contributed by atoms with Crippen molar-refractivity contribution in [3.8, 4) is 0 Å². The van der Waals surface area contributed by atoms with Crippen molar-refractivity contribution in [2.75, 3.05) is 13.2 Å². The van der Waals surface area contributed by atoms with E-state index in [1.165, 1.54) is 0 Å². The molecule has 41 heavy (non-hydrogen) atoms. The average Bonchev–Trinajstić information content (AvgIpc) is 2.87. The molecule has 0 fully saturated rings. The van der Waals surface area contributed by atoms with Gasteiger partial charge in [0, 0.05) is 18.6 Å². The van der Waals surface area contributed by atoms with Gasteiger partial charge in [-0.05, 0) is 13.8 Å². The largest absolute Gasteiger partial charge is 0.481 e. The molecule has 236 valence electrons. The smallest absolute Gasteiger partial charge is 0.340 e. The highest BCUT2D eigenvalue weighted by Crippen LogP contribution is 2.33. The second-order valence-electron chi connectivity index (χ2n) is 9.05. The van der Waals surface area contributed by atoms with Crippen molar-refractivity contribution in [1.29, 1.82) is 0 Å². The third-order valence-electron chi connectivity index (χ3n) is 5.47. The van der Waals surface area contributed by atoms with Crippen LogP contribution in [0.2, 0.25) is 0 Å². The Morgan fingerprint density at radius 3 is 1.71 bits per heavy atom. The molecule has 0 radical (unpaired) electrons. The highest BCUT2D eigenvalue weighted by Gasteiger charge is 2.55. The Balaban J connectivity index is 7.01. The van der Waals surface area contributed by atoms with E-state index in [2.05, 4.69) is 0 Å². The molecule has 0 heterocycles. The third-order valence-corrected chi connectivity index (χ3v) is 5.47. The number of esters is 2. The molecule has 0 aliphatic heterocycles. The summed E-state index contributed by atoms with van der Waals surface area (Å²) in [6, 6.07) is 0. The molecule has 1 unspecified atom stereocenters. The van der Waals surface area contributed by atoms with E-state index < -0.39 is 109 Å². The fourth-order valence-corrected chi connectivity index (χ4v) is 3.20. The minimum absolute atomic E-state index is 0.318. The summed E-state index contributed by atoms with van der Waals surface area (Å²) in [5.41, 5.74) is -3.60. The van der Waals surface area contributed by atoms with Crippen LogP contribution in [0.1, 0.15) is 27.2 Å².